The first-order chi connectivity index (χ1) is 13.6. The molecule has 1 unspecified atom stereocenters. The van der Waals surface area contributed by atoms with E-state index in [1.165, 1.54) is 4.90 Å². The predicted molar refractivity (Wildman–Crippen MR) is 102 cm³/mol. The highest BCUT2D eigenvalue weighted by atomic mass is 16.5. The van der Waals surface area contributed by atoms with Crippen molar-refractivity contribution < 1.29 is 19.1 Å². The Kier molecular flexibility index (Phi) is 4.84. The van der Waals surface area contributed by atoms with Gasteiger partial charge in [0.2, 0.25) is 11.8 Å². The van der Waals surface area contributed by atoms with E-state index in [9.17, 15) is 14.4 Å². The minimum Gasteiger partial charge on any atom is -0.455 e. The Morgan fingerprint density at radius 3 is 2.61 bits per heavy atom. The lowest BCUT2D eigenvalue weighted by Gasteiger charge is -2.42. The van der Waals surface area contributed by atoms with Gasteiger partial charge in [-0.2, -0.15) is 0 Å². The SMILES string of the molecule is O=C1NCC(=O)N2CCN(C(=O)Nc3ccccc3Oc3ccccc3)CC12. The van der Waals surface area contributed by atoms with Crippen LogP contribution in [0, 0.1) is 0 Å². The fraction of sp³-hybridized carbons (Fsp3) is 0.250. The van der Waals surface area contributed by atoms with Crippen LogP contribution < -0.4 is 15.4 Å². The fourth-order valence-electron chi connectivity index (χ4n) is 3.34. The first kappa shape index (κ1) is 17.8. The van der Waals surface area contributed by atoms with Crippen LogP contribution in [0.3, 0.4) is 0 Å². The first-order valence-electron chi connectivity index (χ1n) is 9.07. The van der Waals surface area contributed by atoms with Crippen molar-refractivity contribution in [2.75, 3.05) is 31.5 Å². The molecule has 28 heavy (non-hydrogen) atoms. The van der Waals surface area contributed by atoms with Gasteiger partial charge in [0.25, 0.3) is 0 Å². The van der Waals surface area contributed by atoms with E-state index in [0.717, 1.165) is 0 Å². The maximum atomic E-state index is 12.8. The number of rotatable bonds is 3. The molecule has 8 heteroatoms. The third-order valence-electron chi connectivity index (χ3n) is 4.80. The second kappa shape index (κ2) is 7.59. The first-order valence-corrected chi connectivity index (χ1v) is 9.07. The topological polar surface area (TPSA) is 91.0 Å². The highest BCUT2D eigenvalue weighted by molar-refractivity contribution is 5.96. The van der Waals surface area contributed by atoms with Gasteiger partial charge in [-0.05, 0) is 24.3 Å². The van der Waals surface area contributed by atoms with Crippen molar-refractivity contribution >= 4 is 23.5 Å². The van der Waals surface area contributed by atoms with E-state index < -0.39 is 6.04 Å². The average Bonchev–Trinajstić information content (AvgIpc) is 2.73. The zero-order valence-corrected chi connectivity index (χ0v) is 15.1. The van der Waals surface area contributed by atoms with Gasteiger partial charge >= 0.3 is 6.03 Å². The Labute approximate surface area is 162 Å². The number of piperazine rings is 2. The highest BCUT2D eigenvalue weighted by Gasteiger charge is 2.39. The van der Waals surface area contributed by atoms with Crippen LogP contribution in [0.4, 0.5) is 10.5 Å². The Hall–Kier alpha value is -3.55. The molecule has 2 aliphatic rings. The summed E-state index contributed by atoms with van der Waals surface area (Å²) in [6.45, 7) is 0.881. The summed E-state index contributed by atoms with van der Waals surface area (Å²) in [5.41, 5.74) is 0.531. The molecule has 8 nitrogen and oxygen atoms in total. The molecular formula is C20H20N4O4. The van der Waals surface area contributed by atoms with E-state index in [1.54, 1.807) is 23.1 Å². The van der Waals surface area contributed by atoms with E-state index >= 15 is 0 Å². The lowest BCUT2D eigenvalue weighted by atomic mass is 10.1. The molecule has 0 spiro atoms. The van der Waals surface area contributed by atoms with E-state index in [1.807, 2.05) is 36.4 Å². The normalized spacial score (nSPS) is 18.9. The van der Waals surface area contributed by atoms with Crippen LogP contribution in [-0.2, 0) is 9.59 Å². The van der Waals surface area contributed by atoms with Crippen LogP contribution in [0.15, 0.2) is 54.6 Å². The van der Waals surface area contributed by atoms with Crippen molar-refractivity contribution in [2.24, 2.45) is 0 Å². The molecule has 0 saturated carbocycles. The molecule has 2 heterocycles. The number of hydrogen-bond donors (Lipinski definition) is 2. The standard InChI is InChI=1S/C20H20N4O4/c25-18-12-21-19(26)16-13-23(10-11-24(16)18)20(27)22-15-8-4-5-9-17(15)28-14-6-2-1-3-7-14/h1-9,16H,10-13H2,(H,21,26)(H,22,27). The van der Waals surface area contributed by atoms with Crippen LogP contribution in [-0.4, -0.2) is 59.9 Å². The molecule has 4 amide bonds. The Bertz CT molecular complexity index is 902. The molecule has 144 valence electrons. The molecule has 2 aromatic carbocycles. The minimum atomic E-state index is -0.642. The van der Waals surface area contributed by atoms with Crippen LogP contribution in [0.25, 0.3) is 0 Å². The van der Waals surface area contributed by atoms with Crippen LogP contribution in [0.5, 0.6) is 11.5 Å². The summed E-state index contributed by atoms with van der Waals surface area (Å²) in [6.07, 6.45) is 0. The third kappa shape index (κ3) is 3.62. The number of carbonyl (C=O) groups excluding carboxylic acids is 3. The second-order valence-corrected chi connectivity index (χ2v) is 6.61. The van der Waals surface area contributed by atoms with E-state index in [4.69, 9.17) is 4.74 Å². The Morgan fingerprint density at radius 1 is 1.04 bits per heavy atom. The number of fused-ring (bicyclic) bond motifs is 1. The van der Waals surface area contributed by atoms with Crippen molar-refractivity contribution in [3.63, 3.8) is 0 Å². The molecule has 2 saturated heterocycles. The Morgan fingerprint density at radius 2 is 1.79 bits per heavy atom. The molecule has 2 aromatic rings. The number of amides is 4. The molecule has 2 N–H and O–H groups in total. The Balaban J connectivity index is 1.46. The summed E-state index contributed by atoms with van der Waals surface area (Å²) < 4.78 is 5.86. The van der Waals surface area contributed by atoms with Gasteiger partial charge in [0.05, 0.1) is 18.8 Å². The molecule has 0 radical (unpaired) electrons. The van der Waals surface area contributed by atoms with Crippen molar-refractivity contribution in [3.05, 3.63) is 54.6 Å². The largest absolute Gasteiger partial charge is 0.455 e. The lowest BCUT2D eigenvalue weighted by Crippen LogP contribution is -2.66. The van der Waals surface area contributed by atoms with Crippen LogP contribution >= 0.6 is 0 Å². The molecule has 0 bridgehead atoms. The van der Waals surface area contributed by atoms with Crippen LogP contribution in [0.1, 0.15) is 0 Å². The number of urea groups is 1. The second-order valence-electron chi connectivity index (χ2n) is 6.61. The molecule has 1 atom stereocenters. The van der Waals surface area contributed by atoms with E-state index in [0.29, 0.717) is 30.3 Å². The van der Waals surface area contributed by atoms with Gasteiger partial charge in [-0.15, -0.1) is 0 Å². The van der Waals surface area contributed by atoms with Gasteiger partial charge in [0.15, 0.2) is 5.75 Å². The zero-order valence-electron chi connectivity index (χ0n) is 15.1. The summed E-state index contributed by atoms with van der Waals surface area (Å²) in [7, 11) is 0. The van der Waals surface area contributed by atoms with Crippen molar-refractivity contribution in [1.29, 1.82) is 0 Å². The summed E-state index contributed by atoms with van der Waals surface area (Å²) >= 11 is 0. The minimum absolute atomic E-state index is 0.0196. The van der Waals surface area contributed by atoms with Crippen LogP contribution in [0.2, 0.25) is 0 Å². The van der Waals surface area contributed by atoms with Gasteiger partial charge in [0, 0.05) is 13.1 Å². The summed E-state index contributed by atoms with van der Waals surface area (Å²) in [6, 6.07) is 15.5. The fourth-order valence-corrected chi connectivity index (χ4v) is 3.34. The number of ether oxygens (including phenoxy) is 1. The van der Waals surface area contributed by atoms with Gasteiger partial charge in [-0.1, -0.05) is 30.3 Å². The monoisotopic (exact) mass is 380 g/mol. The quantitative estimate of drug-likeness (QED) is 0.847. The van der Waals surface area contributed by atoms with Gasteiger partial charge in [-0.25, -0.2) is 4.79 Å². The number of nitrogens with one attached hydrogen (secondary N) is 2. The highest BCUT2D eigenvalue weighted by Crippen LogP contribution is 2.29. The number of anilines is 1. The third-order valence-corrected chi connectivity index (χ3v) is 4.80. The smallest absolute Gasteiger partial charge is 0.322 e. The predicted octanol–water partition coefficient (Wildman–Crippen LogP) is 1.65. The van der Waals surface area contributed by atoms with Crippen molar-refractivity contribution in [2.45, 2.75) is 6.04 Å². The molecule has 0 aliphatic carbocycles. The number of para-hydroxylation sites is 3. The number of carbonyl (C=O) groups is 3. The van der Waals surface area contributed by atoms with Gasteiger partial charge in [0.1, 0.15) is 11.8 Å². The van der Waals surface area contributed by atoms with E-state index in [-0.39, 0.29) is 30.9 Å². The molecule has 2 aliphatic heterocycles. The summed E-state index contributed by atoms with van der Waals surface area (Å²) in [5.74, 6) is 0.831. The zero-order chi connectivity index (χ0) is 19.5. The molecule has 4 rings (SSSR count). The van der Waals surface area contributed by atoms with Gasteiger partial charge in [-0.3, -0.25) is 9.59 Å². The van der Waals surface area contributed by atoms with Crippen molar-refractivity contribution in [3.8, 4) is 11.5 Å². The molecule has 2 fully saturated rings. The maximum Gasteiger partial charge on any atom is 0.322 e. The summed E-state index contributed by atoms with van der Waals surface area (Å²) in [4.78, 5) is 39.8. The lowest BCUT2D eigenvalue weighted by molar-refractivity contribution is -0.148. The van der Waals surface area contributed by atoms with E-state index in [2.05, 4.69) is 10.6 Å². The van der Waals surface area contributed by atoms with Crippen molar-refractivity contribution in [1.82, 2.24) is 15.1 Å². The number of hydrogen-bond acceptors (Lipinski definition) is 4. The number of benzene rings is 2. The maximum absolute atomic E-state index is 12.8. The molecule has 0 aromatic heterocycles. The average molecular weight is 380 g/mol. The number of nitrogens with zero attached hydrogens (tertiary/aromatic N) is 2. The molecular weight excluding hydrogens is 360 g/mol. The summed E-state index contributed by atoms with van der Waals surface area (Å²) in [5, 5.41) is 5.42. The van der Waals surface area contributed by atoms with Gasteiger partial charge < -0.3 is 25.2 Å².